The molecule has 4 N–H and O–H groups in total. The fourth-order valence-electron chi connectivity index (χ4n) is 2.09. The van der Waals surface area contributed by atoms with Gasteiger partial charge in [-0.25, -0.2) is 4.98 Å². The maximum absolute atomic E-state index is 11.6. The molecule has 0 bridgehead atoms. The number of ether oxygens (including phenoxy) is 1. The maximum atomic E-state index is 11.6. The number of hydrogen-bond acceptors (Lipinski definition) is 5. The minimum Gasteiger partial charge on any atom is -0.485 e. The van der Waals surface area contributed by atoms with Gasteiger partial charge in [-0.1, -0.05) is 13.8 Å². The third-order valence-electron chi connectivity index (χ3n) is 3.42. The first-order valence-electron chi connectivity index (χ1n) is 6.29. The van der Waals surface area contributed by atoms with Crippen LogP contribution in [-0.4, -0.2) is 37.1 Å². The largest absolute Gasteiger partial charge is 0.485 e. The van der Waals surface area contributed by atoms with Crippen LogP contribution < -0.4 is 21.1 Å². The van der Waals surface area contributed by atoms with Crippen LogP contribution in [0, 0.1) is 5.41 Å². The molecule has 0 aliphatic carbocycles. The smallest absolute Gasteiger partial charge is 0.252 e. The van der Waals surface area contributed by atoms with Crippen molar-refractivity contribution in [2.45, 2.75) is 20.0 Å². The summed E-state index contributed by atoms with van der Waals surface area (Å²) >= 11 is 0. The zero-order valence-corrected chi connectivity index (χ0v) is 12.7. The average Bonchev–Trinajstić information content (AvgIpc) is 2.70. The van der Waals surface area contributed by atoms with Crippen molar-refractivity contribution in [2.24, 2.45) is 5.41 Å². The number of halogens is 1. The quantitative estimate of drug-likeness (QED) is 0.769. The fraction of sp³-hybridized carbons (Fsp3) is 0.538. The molecule has 1 saturated heterocycles. The number of carbonyl (C=O) groups is 1. The van der Waals surface area contributed by atoms with Gasteiger partial charge >= 0.3 is 0 Å². The van der Waals surface area contributed by atoms with Gasteiger partial charge in [0.25, 0.3) is 5.91 Å². The molecule has 6 nitrogen and oxygen atoms in total. The standard InChI is InChI=1S/C13H20N4O2.ClH/c1-13(2)7-16-6-10(13)19-9-4-8(12(18)15-3)5-17-11(9)14;/h4-5,10,16H,6-7H2,1-3H3,(H2,14,17)(H,15,18);1H. The highest BCUT2D eigenvalue weighted by atomic mass is 35.5. The van der Waals surface area contributed by atoms with Crippen LogP contribution in [0.1, 0.15) is 24.2 Å². The maximum Gasteiger partial charge on any atom is 0.252 e. The predicted octanol–water partition coefficient (Wildman–Crippen LogP) is 0.822. The number of nitrogens with one attached hydrogen (secondary N) is 2. The molecule has 1 aromatic heterocycles. The Kier molecular flexibility index (Phi) is 5.19. The summed E-state index contributed by atoms with van der Waals surface area (Å²) in [5.41, 5.74) is 6.27. The van der Waals surface area contributed by atoms with E-state index < -0.39 is 0 Å². The van der Waals surface area contributed by atoms with Gasteiger partial charge in [-0.3, -0.25) is 4.79 Å². The molecule has 2 heterocycles. The van der Waals surface area contributed by atoms with Crippen LogP contribution >= 0.6 is 12.4 Å². The first-order valence-corrected chi connectivity index (χ1v) is 6.29. The molecule has 0 saturated carbocycles. The number of nitrogen functional groups attached to an aromatic ring is 1. The number of anilines is 1. The summed E-state index contributed by atoms with van der Waals surface area (Å²) in [5, 5.41) is 5.84. The lowest BCUT2D eigenvalue weighted by atomic mass is 9.90. The second kappa shape index (κ2) is 6.28. The molecule has 0 radical (unpaired) electrons. The zero-order chi connectivity index (χ0) is 14.0. The minimum atomic E-state index is -0.207. The Bertz CT molecular complexity index is 493. The highest BCUT2D eigenvalue weighted by molar-refractivity contribution is 5.94. The van der Waals surface area contributed by atoms with Gasteiger partial charge in [-0.2, -0.15) is 0 Å². The third kappa shape index (κ3) is 3.32. The van der Waals surface area contributed by atoms with E-state index in [0.717, 1.165) is 13.1 Å². The normalized spacial score (nSPS) is 20.1. The molecule has 0 aromatic carbocycles. The van der Waals surface area contributed by atoms with E-state index in [0.29, 0.717) is 17.1 Å². The van der Waals surface area contributed by atoms with E-state index in [9.17, 15) is 4.79 Å². The molecule has 7 heteroatoms. The van der Waals surface area contributed by atoms with E-state index in [1.165, 1.54) is 6.20 Å². The molecule has 1 aliphatic heterocycles. The second-order valence-electron chi connectivity index (χ2n) is 5.41. The van der Waals surface area contributed by atoms with Crippen molar-refractivity contribution in [1.82, 2.24) is 15.6 Å². The Morgan fingerprint density at radius 1 is 1.60 bits per heavy atom. The van der Waals surface area contributed by atoms with Gasteiger partial charge in [0.1, 0.15) is 6.10 Å². The third-order valence-corrected chi connectivity index (χ3v) is 3.42. The lowest BCUT2D eigenvalue weighted by Crippen LogP contribution is -2.33. The number of nitrogens with two attached hydrogens (primary N) is 1. The van der Waals surface area contributed by atoms with E-state index in [1.807, 2.05) is 0 Å². The molecule has 1 aliphatic rings. The van der Waals surface area contributed by atoms with Gasteiger partial charge in [0.15, 0.2) is 11.6 Å². The Hall–Kier alpha value is -1.53. The molecule has 112 valence electrons. The summed E-state index contributed by atoms with van der Waals surface area (Å²) in [6, 6.07) is 1.63. The van der Waals surface area contributed by atoms with Crippen LogP contribution in [0.25, 0.3) is 0 Å². The van der Waals surface area contributed by atoms with Crippen LogP contribution in [0.4, 0.5) is 5.82 Å². The van der Waals surface area contributed by atoms with Crippen LogP contribution in [0.15, 0.2) is 12.3 Å². The predicted molar refractivity (Wildman–Crippen MR) is 80.4 cm³/mol. The Balaban J connectivity index is 0.00000200. The number of carbonyl (C=O) groups excluding carboxylic acids is 1. The van der Waals surface area contributed by atoms with Crippen molar-refractivity contribution in [3.63, 3.8) is 0 Å². The minimum absolute atomic E-state index is 0. The second-order valence-corrected chi connectivity index (χ2v) is 5.41. The summed E-state index contributed by atoms with van der Waals surface area (Å²) in [7, 11) is 1.57. The number of amides is 1. The number of hydrogen-bond donors (Lipinski definition) is 3. The van der Waals surface area contributed by atoms with Crippen LogP contribution in [0.5, 0.6) is 5.75 Å². The highest BCUT2D eigenvalue weighted by Crippen LogP contribution is 2.30. The van der Waals surface area contributed by atoms with Gasteiger partial charge in [0.2, 0.25) is 0 Å². The molecule has 0 spiro atoms. The first-order chi connectivity index (χ1) is 8.94. The molecule has 1 atom stereocenters. The van der Waals surface area contributed by atoms with Crippen LogP contribution in [0.3, 0.4) is 0 Å². The van der Waals surface area contributed by atoms with Crippen molar-refractivity contribution in [2.75, 3.05) is 25.9 Å². The molecule has 2 rings (SSSR count). The zero-order valence-electron chi connectivity index (χ0n) is 11.9. The van der Waals surface area contributed by atoms with Crippen LogP contribution in [0.2, 0.25) is 0 Å². The van der Waals surface area contributed by atoms with Crippen LogP contribution in [-0.2, 0) is 0 Å². The van der Waals surface area contributed by atoms with E-state index in [4.69, 9.17) is 10.5 Å². The van der Waals surface area contributed by atoms with E-state index in [-0.39, 0.29) is 29.8 Å². The molecule has 20 heavy (non-hydrogen) atoms. The van der Waals surface area contributed by atoms with Gasteiger partial charge in [0.05, 0.1) is 5.56 Å². The Morgan fingerprint density at radius 2 is 2.30 bits per heavy atom. The van der Waals surface area contributed by atoms with E-state index in [1.54, 1.807) is 13.1 Å². The summed E-state index contributed by atoms with van der Waals surface area (Å²) in [6.07, 6.45) is 1.45. The highest BCUT2D eigenvalue weighted by Gasteiger charge is 2.36. The summed E-state index contributed by atoms with van der Waals surface area (Å²) in [5.74, 6) is 0.555. The van der Waals surface area contributed by atoms with Crippen molar-refractivity contribution in [3.8, 4) is 5.75 Å². The Morgan fingerprint density at radius 3 is 2.85 bits per heavy atom. The number of aromatic nitrogens is 1. The molecule has 1 aromatic rings. The Labute approximate surface area is 124 Å². The van der Waals surface area contributed by atoms with Gasteiger partial charge in [-0.15, -0.1) is 12.4 Å². The van der Waals surface area contributed by atoms with Gasteiger partial charge in [-0.05, 0) is 6.07 Å². The fourth-order valence-corrected chi connectivity index (χ4v) is 2.09. The number of nitrogens with zero attached hydrogens (tertiary/aromatic N) is 1. The lowest BCUT2D eigenvalue weighted by molar-refractivity contribution is 0.0960. The van der Waals surface area contributed by atoms with Crippen molar-refractivity contribution >= 4 is 24.1 Å². The SMILES string of the molecule is CNC(=O)c1cnc(N)c(OC2CNCC2(C)C)c1.Cl. The van der Waals surface area contributed by atoms with E-state index >= 15 is 0 Å². The van der Waals surface area contributed by atoms with Crippen molar-refractivity contribution in [1.29, 1.82) is 0 Å². The topological polar surface area (TPSA) is 89.3 Å². The van der Waals surface area contributed by atoms with E-state index in [2.05, 4.69) is 29.5 Å². The average molecular weight is 301 g/mol. The van der Waals surface area contributed by atoms with Crippen molar-refractivity contribution in [3.05, 3.63) is 17.8 Å². The van der Waals surface area contributed by atoms with Gasteiger partial charge < -0.3 is 21.1 Å². The monoisotopic (exact) mass is 300 g/mol. The molecule has 1 fully saturated rings. The summed E-state index contributed by atoms with van der Waals surface area (Å²) in [4.78, 5) is 15.6. The molecular formula is C13H21ClN4O2. The molecule has 1 unspecified atom stereocenters. The van der Waals surface area contributed by atoms with Gasteiger partial charge in [0, 0.05) is 31.7 Å². The number of pyridine rings is 1. The molecule has 1 amide bonds. The lowest BCUT2D eigenvalue weighted by Gasteiger charge is -2.26. The summed E-state index contributed by atoms with van der Waals surface area (Å²) in [6.45, 7) is 5.91. The summed E-state index contributed by atoms with van der Waals surface area (Å²) < 4.78 is 5.93. The van der Waals surface area contributed by atoms with Crippen molar-refractivity contribution < 1.29 is 9.53 Å². The molecular weight excluding hydrogens is 280 g/mol. The first kappa shape index (κ1) is 16.5. The number of rotatable bonds is 3.